The third-order valence-corrected chi connectivity index (χ3v) is 2.63. The van der Waals surface area contributed by atoms with Gasteiger partial charge in [0.2, 0.25) is 12.7 Å². The number of aromatic nitrogens is 2. The number of aryl methyl sites for hydroxylation is 1. The van der Waals surface area contributed by atoms with E-state index in [-0.39, 0.29) is 6.79 Å². The average Bonchev–Trinajstić information content (AvgIpc) is 2.85. The summed E-state index contributed by atoms with van der Waals surface area (Å²) in [4.78, 5) is 8.33. The molecule has 0 radical (unpaired) electrons. The Morgan fingerprint density at radius 1 is 1.16 bits per heavy atom. The van der Waals surface area contributed by atoms with Crippen LogP contribution in [0.25, 0.3) is 0 Å². The molecule has 0 saturated carbocycles. The molecular weight excluding hydrogens is 246 g/mol. The Kier molecular flexibility index (Phi) is 2.81. The highest BCUT2D eigenvalue weighted by atomic mass is 16.7. The summed E-state index contributed by atoms with van der Waals surface area (Å²) in [7, 11) is 0. The predicted molar refractivity (Wildman–Crippen MR) is 70.4 cm³/mol. The van der Waals surface area contributed by atoms with E-state index in [1.807, 2.05) is 31.2 Å². The fourth-order valence-electron chi connectivity index (χ4n) is 1.82. The molecule has 0 fully saturated rings. The van der Waals surface area contributed by atoms with Crippen LogP contribution in [0.5, 0.6) is 11.5 Å². The zero-order valence-corrected chi connectivity index (χ0v) is 10.3. The molecule has 7 nitrogen and oxygen atoms in total. The summed E-state index contributed by atoms with van der Waals surface area (Å²) in [5, 5.41) is 3.17. The van der Waals surface area contributed by atoms with Gasteiger partial charge in [0.25, 0.3) is 0 Å². The number of nitrogens with two attached hydrogens (primary N) is 1. The molecule has 0 amide bonds. The first kappa shape index (κ1) is 11.5. The number of hydrazine groups is 1. The molecule has 1 aromatic carbocycles. The Morgan fingerprint density at radius 2 is 2.00 bits per heavy atom. The lowest BCUT2D eigenvalue weighted by Gasteiger charge is -2.08. The summed E-state index contributed by atoms with van der Waals surface area (Å²) in [6.07, 6.45) is 0. The van der Waals surface area contributed by atoms with E-state index < -0.39 is 0 Å². The quantitative estimate of drug-likeness (QED) is 0.568. The molecule has 19 heavy (non-hydrogen) atoms. The number of anilines is 3. The van der Waals surface area contributed by atoms with Gasteiger partial charge in [0.1, 0.15) is 5.82 Å². The molecule has 0 saturated heterocycles. The smallest absolute Gasteiger partial charge is 0.239 e. The lowest BCUT2D eigenvalue weighted by Crippen LogP contribution is -2.11. The number of hydrogen-bond donors (Lipinski definition) is 3. The van der Waals surface area contributed by atoms with Crippen LogP contribution >= 0.6 is 0 Å². The minimum atomic E-state index is 0.257. The van der Waals surface area contributed by atoms with Crippen molar-refractivity contribution in [3.05, 3.63) is 30.0 Å². The monoisotopic (exact) mass is 259 g/mol. The van der Waals surface area contributed by atoms with Crippen LogP contribution < -0.4 is 26.1 Å². The summed E-state index contributed by atoms with van der Waals surface area (Å²) < 4.78 is 10.6. The summed E-state index contributed by atoms with van der Waals surface area (Å²) >= 11 is 0. The van der Waals surface area contributed by atoms with Gasteiger partial charge >= 0.3 is 0 Å². The Hall–Kier alpha value is -2.54. The Labute approximate surface area is 109 Å². The van der Waals surface area contributed by atoms with E-state index in [4.69, 9.17) is 15.3 Å². The van der Waals surface area contributed by atoms with Crippen molar-refractivity contribution in [3.8, 4) is 11.5 Å². The minimum Gasteiger partial charge on any atom is -0.454 e. The van der Waals surface area contributed by atoms with E-state index in [1.54, 1.807) is 0 Å². The van der Waals surface area contributed by atoms with Crippen molar-refractivity contribution in [2.45, 2.75) is 6.92 Å². The van der Waals surface area contributed by atoms with Gasteiger partial charge in [-0.25, -0.2) is 10.8 Å². The number of rotatable bonds is 3. The SMILES string of the molecule is Cc1cc(Nc2ccc3c(c2)OCO3)nc(NN)n1. The second-order valence-corrected chi connectivity index (χ2v) is 4.06. The molecule has 4 N–H and O–H groups in total. The molecule has 98 valence electrons. The van der Waals surface area contributed by atoms with Gasteiger partial charge in [-0.05, 0) is 19.1 Å². The summed E-state index contributed by atoms with van der Waals surface area (Å²) in [5.74, 6) is 7.79. The van der Waals surface area contributed by atoms with Gasteiger partial charge in [-0.2, -0.15) is 4.98 Å². The summed E-state index contributed by atoms with van der Waals surface area (Å²) in [6, 6.07) is 7.42. The first-order valence-corrected chi connectivity index (χ1v) is 5.73. The molecule has 1 aromatic heterocycles. The summed E-state index contributed by atoms with van der Waals surface area (Å²) in [5.41, 5.74) is 4.09. The van der Waals surface area contributed by atoms with Crippen LogP contribution in [0.2, 0.25) is 0 Å². The predicted octanol–water partition coefficient (Wildman–Crippen LogP) is 1.54. The zero-order valence-electron chi connectivity index (χ0n) is 10.3. The highest BCUT2D eigenvalue weighted by Gasteiger charge is 2.13. The second-order valence-electron chi connectivity index (χ2n) is 4.06. The lowest BCUT2D eigenvalue weighted by atomic mass is 10.2. The van der Waals surface area contributed by atoms with Crippen LogP contribution in [0.4, 0.5) is 17.5 Å². The maximum Gasteiger partial charge on any atom is 0.239 e. The van der Waals surface area contributed by atoms with Crippen LogP contribution in [0.1, 0.15) is 5.69 Å². The Bertz CT molecular complexity index is 617. The van der Waals surface area contributed by atoms with Crippen molar-refractivity contribution in [2.24, 2.45) is 5.84 Å². The van der Waals surface area contributed by atoms with Gasteiger partial charge in [0, 0.05) is 23.5 Å². The zero-order chi connectivity index (χ0) is 13.2. The Morgan fingerprint density at radius 3 is 2.84 bits per heavy atom. The maximum atomic E-state index is 5.32. The first-order valence-electron chi connectivity index (χ1n) is 5.73. The van der Waals surface area contributed by atoms with Crippen molar-refractivity contribution in [2.75, 3.05) is 17.5 Å². The average molecular weight is 259 g/mol. The number of nitrogens with zero attached hydrogens (tertiary/aromatic N) is 2. The van der Waals surface area contributed by atoms with Gasteiger partial charge in [0.05, 0.1) is 0 Å². The molecule has 0 atom stereocenters. The number of nitrogen functional groups attached to an aromatic ring is 1. The highest BCUT2D eigenvalue weighted by Crippen LogP contribution is 2.34. The van der Waals surface area contributed by atoms with Crippen molar-refractivity contribution in [1.29, 1.82) is 0 Å². The van der Waals surface area contributed by atoms with Gasteiger partial charge in [0.15, 0.2) is 11.5 Å². The first-order chi connectivity index (χ1) is 9.24. The second kappa shape index (κ2) is 4.62. The Balaban J connectivity index is 1.86. The largest absolute Gasteiger partial charge is 0.454 e. The molecule has 1 aliphatic rings. The normalized spacial score (nSPS) is 12.3. The maximum absolute atomic E-state index is 5.32. The van der Waals surface area contributed by atoms with E-state index in [2.05, 4.69) is 20.7 Å². The molecule has 2 aromatic rings. The van der Waals surface area contributed by atoms with E-state index >= 15 is 0 Å². The molecule has 0 unspecified atom stereocenters. The molecule has 0 aliphatic carbocycles. The van der Waals surface area contributed by atoms with Gasteiger partial charge in [-0.3, -0.25) is 5.43 Å². The third kappa shape index (κ3) is 2.36. The standard InChI is InChI=1S/C12H13N5O2/c1-7-4-11(16-12(14-7)17-13)15-8-2-3-9-10(5-8)19-6-18-9/h2-5H,6,13H2,1H3,(H2,14,15,16,17). The van der Waals surface area contributed by atoms with Crippen molar-refractivity contribution in [3.63, 3.8) is 0 Å². The van der Waals surface area contributed by atoms with Crippen molar-refractivity contribution < 1.29 is 9.47 Å². The number of fused-ring (bicyclic) bond motifs is 1. The van der Waals surface area contributed by atoms with Crippen LogP contribution in [-0.2, 0) is 0 Å². The minimum absolute atomic E-state index is 0.257. The highest BCUT2D eigenvalue weighted by molar-refractivity contribution is 5.62. The number of ether oxygens (including phenoxy) is 2. The van der Waals surface area contributed by atoms with Crippen LogP contribution in [0, 0.1) is 6.92 Å². The van der Waals surface area contributed by atoms with E-state index in [9.17, 15) is 0 Å². The molecule has 0 spiro atoms. The van der Waals surface area contributed by atoms with Gasteiger partial charge in [-0.1, -0.05) is 0 Å². The number of hydrogen-bond acceptors (Lipinski definition) is 7. The van der Waals surface area contributed by atoms with Crippen LogP contribution in [0.15, 0.2) is 24.3 Å². The van der Waals surface area contributed by atoms with Crippen LogP contribution in [0.3, 0.4) is 0 Å². The topological polar surface area (TPSA) is 94.3 Å². The molecule has 2 heterocycles. The van der Waals surface area contributed by atoms with E-state index in [0.717, 1.165) is 17.1 Å². The fraction of sp³-hybridized carbons (Fsp3) is 0.167. The van der Waals surface area contributed by atoms with Gasteiger partial charge < -0.3 is 14.8 Å². The third-order valence-electron chi connectivity index (χ3n) is 2.63. The number of benzene rings is 1. The molecule has 7 heteroatoms. The summed E-state index contributed by atoms with van der Waals surface area (Å²) in [6.45, 7) is 2.12. The van der Waals surface area contributed by atoms with Crippen molar-refractivity contribution in [1.82, 2.24) is 9.97 Å². The van der Waals surface area contributed by atoms with Crippen LogP contribution in [-0.4, -0.2) is 16.8 Å². The van der Waals surface area contributed by atoms with Gasteiger partial charge in [-0.15, -0.1) is 0 Å². The van der Waals surface area contributed by atoms with Crippen molar-refractivity contribution >= 4 is 17.5 Å². The van der Waals surface area contributed by atoms with E-state index in [1.165, 1.54) is 0 Å². The van der Waals surface area contributed by atoms with E-state index in [0.29, 0.717) is 17.5 Å². The molecule has 0 bridgehead atoms. The molecule has 1 aliphatic heterocycles. The molecular formula is C12H13N5O2. The molecule has 3 rings (SSSR count). The fourth-order valence-corrected chi connectivity index (χ4v) is 1.82. The number of nitrogens with one attached hydrogen (secondary N) is 2. The lowest BCUT2D eigenvalue weighted by molar-refractivity contribution is 0.174.